The van der Waals surface area contributed by atoms with Crippen LogP contribution in [0.2, 0.25) is 0 Å². The maximum absolute atomic E-state index is 11.2. The summed E-state index contributed by atoms with van der Waals surface area (Å²) >= 11 is 0. The highest BCUT2D eigenvalue weighted by atomic mass is 16.4. The van der Waals surface area contributed by atoms with E-state index in [0.29, 0.717) is 0 Å². The van der Waals surface area contributed by atoms with Crippen molar-refractivity contribution in [1.82, 2.24) is 15.0 Å². The molecular weight excluding hydrogens is 202 g/mol. The van der Waals surface area contributed by atoms with Crippen LogP contribution in [0.5, 0.6) is 0 Å². The van der Waals surface area contributed by atoms with E-state index in [9.17, 15) is 14.4 Å². The molecule has 0 bridgehead atoms. The van der Waals surface area contributed by atoms with Gasteiger partial charge in [0.15, 0.2) is 5.52 Å². The maximum atomic E-state index is 11.2. The Balaban J connectivity index is 2.88. The van der Waals surface area contributed by atoms with Gasteiger partial charge in [0.2, 0.25) is 0 Å². The van der Waals surface area contributed by atoms with Gasteiger partial charge in [-0.2, -0.15) is 0 Å². The van der Waals surface area contributed by atoms with Gasteiger partial charge in [0.05, 0.1) is 11.1 Å². The quantitative estimate of drug-likeness (QED) is 0.572. The van der Waals surface area contributed by atoms with Crippen LogP contribution in [0.4, 0.5) is 0 Å². The molecule has 7 heteroatoms. The molecule has 0 unspecified atom stereocenters. The number of H-pyrrole nitrogens is 2. The molecular formula is C8H5N3O4. The number of carboxylic acid groups (broad SMARTS) is 1. The summed E-state index contributed by atoms with van der Waals surface area (Å²) in [6, 6.07) is 1.18. The van der Waals surface area contributed by atoms with Crippen LogP contribution in [-0.4, -0.2) is 26.0 Å². The van der Waals surface area contributed by atoms with Crippen LogP contribution in [-0.2, 0) is 0 Å². The Bertz CT molecular complexity index is 655. The molecule has 0 aliphatic carbocycles. The molecule has 2 rings (SSSR count). The summed E-state index contributed by atoms with van der Waals surface area (Å²) in [4.78, 5) is 40.6. The van der Waals surface area contributed by atoms with Crippen LogP contribution in [0, 0.1) is 0 Å². The molecule has 2 aromatic heterocycles. The van der Waals surface area contributed by atoms with Gasteiger partial charge < -0.3 is 10.1 Å². The van der Waals surface area contributed by atoms with Gasteiger partial charge in [-0.15, -0.1) is 0 Å². The summed E-state index contributed by atoms with van der Waals surface area (Å²) in [7, 11) is 0. The van der Waals surface area contributed by atoms with E-state index in [2.05, 4.69) is 9.97 Å². The molecule has 0 fully saturated rings. The second-order valence-corrected chi connectivity index (χ2v) is 2.83. The third-order valence-electron chi connectivity index (χ3n) is 1.82. The van der Waals surface area contributed by atoms with Crippen molar-refractivity contribution in [1.29, 1.82) is 0 Å². The third-order valence-corrected chi connectivity index (χ3v) is 1.82. The molecule has 0 aliphatic heterocycles. The second kappa shape index (κ2) is 3.05. The number of aromatic amines is 2. The van der Waals surface area contributed by atoms with Gasteiger partial charge in [0.25, 0.3) is 5.56 Å². The fourth-order valence-corrected chi connectivity index (χ4v) is 1.17. The largest absolute Gasteiger partial charge is 0.478 e. The molecule has 7 nitrogen and oxygen atoms in total. The fourth-order valence-electron chi connectivity index (χ4n) is 1.17. The van der Waals surface area contributed by atoms with Crippen molar-refractivity contribution in [3.05, 3.63) is 38.7 Å². The first-order valence-electron chi connectivity index (χ1n) is 3.93. The van der Waals surface area contributed by atoms with Crippen molar-refractivity contribution in [2.24, 2.45) is 0 Å². The first kappa shape index (κ1) is 9.13. The van der Waals surface area contributed by atoms with E-state index in [1.807, 2.05) is 4.98 Å². The lowest BCUT2D eigenvalue weighted by molar-refractivity contribution is 0.0696. The fraction of sp³-hybridized carbons (Fsp3) is 0. The van der Waals surface area contributed by atoms with E-state index in [0.717, 1.165) is 6.20 Å². The van der Waals surface area contributed by atoms with Crippen LogP contribution < -0.4 is 11.2 Å². The molecule has 0 amide bonds. The van der Waals surface area contributed by atoms with Crippen LogP contribution in [0.1, 0.15) is 10.4 Å². The number of carbonyl (C=O) groups is 1. The molecule has 2 heterocycles. The smallest absolute Gasteiger partial charge is 0.337 e. The van der Waals surface area contributed by atoms with Gasteiger partial charge in [-0.1, -0.05) is 0 Å². The second-order valence-electron chi connectivity index (χ2n) is 2.83. The summed E-state index contributed by atoms with van der Waals surface area (Å²) in [5.74, 6) is -1.18. The van der Waals surface area contributed by atoms with Crippen molar-refractivity contribution in [3.8, 4) is 0 Å². The van der Waals surface area contributed by atoms with Crippen molar-refractivity contribution in [2.75, 3.05) is 0 Å². The van der Waals surface area contributed by atoms with Crippen LogP contribution in [0.15, 0.2) is 21.9 Å². The molecule has 0 saturated heterocycles. The van der Waals surface area contributed by atoms with E-state index in [-0.39, 0.29) is 16.6 Å². The Labute approximate surface area is 81.4 Å². The summed E-state index contributed by atoms with van der Waals surface area (Å²) < 4.78 is 0. The average Bonchev–Trinajstić information content (AvgIpc) is 2.16. The number of nitrogens with zero attached hydrogens (tertiary/aromatic N) is 1. The van der Waals surface area contributed by atoms with E-state index in [4.69, 9.17) is 5.11 Å². The predicted octanol–water partition coefficient (Wildman–Crippen LogP) is -0.690. The highest BCUT2D eigenvalue weighted by Gasteiger charge is 2.07. The van der Waals surface area contributed by atoms with E-state index in [1.165, 1.54) is 6.07 Å². The number of aromatic nitrogens is 3. The zero-order valence-corrected chi connectivity index (χ0v) is 7.27. The topological polar surface area (TPSA) is 116 Å². The number of pyridine rings is 1. The summed E-state index contributed by atoms with van der Waals surface area (Å²) in [5, 5.41) is 8.66. The van der Waals surface area contributed by atoms with Crippen LogP contribution in [0.25, 0.3) is 11.0 Å². The highest BCUT2D eigenvalue weighted by molar-refractivity contribution is 5.90. The molecule has 2 aromatic rings. The zero-order valence-electron chi connectivity index (χ0n) is 7.27. The Morgan fingerprint density at radius 2 is 2.07 bits per heavy atom. The Hall–Kier alpha value is -2.44. The molecule has 0 spiro atoms. The number of carboxylic acids is 1. The SMILES string of the molecule is O=C(O)c1cnc2c(=O)[nH]c(=O)[nH]c2c1. The Kier molecular flexibility index (Phi) is 1.86. The molecule has 3 N–H and O–H groups in total. The lowest BCUT2D eigenvalue weighted by atomic mass is 10.2. The number of rotatable bonds is 1. The number of aromatic carboxylic acids is 1. The van der Waals surface area contributed by atoms with Gasteiger partial charge in [-0.25, -0.2) is 14.6 Å². The monoisotopic (exact) mass is 207 g/mol. The minimum absolute atomic E-state index is 0.000370. The third kappa shape index (κ3) is 1.50. The average molecular weight is 207 g/mol. The first-order valence-corrected chi connectivity index (χ1v) is 3.93. The van der Waals surface area contributed by atoms with Gasteiger partial charge in [0, 0.05) is 6.20 Å². The highest BCUT2D eigenvalue weighted by Crippen LogP contribution is 2.04. The first-order chi connectivity index (χ1) is 7.08. The number of hydrogen-bond acceptors (Lipinski definition) is 4. The molecule has 0 radical (unpaired) electrons. The maximum Gasteiger partial charge on any atom is 0.337 e. The number of fused-ring (bicyclic) bond motifs is 1. The minimum Gasteiger partial charge on any atom is -0.478 e. The molecule has 0 aromatic carbocycles. The molecule has 76 valence electrons. The van der Waals surface area contributed by atoms with Crippen molar-refractivity contribution >= 4 is 17.0 Å². The van der Waals surface area contributed by atoms with Crippen LogP contribution >= 0.6 is 0 Å². The summed E-state index contributed by atoms with van der Waals surface area (Å²) in [6.07, 6.45) is 1.05. The Morgan fingerprint density at radius 1 is 1.33 bits per heavy atom. The molecule has 0 aliphatic rings. The van der Waals surface area contributed by atoms with E-state index in [1.54, 1.807) is 0 Å². The predicted molar refractivity (Wildman–Crippen MR) is 49.9 cm³/mol. The molecule has 0 atom stereocenters. The van der Waals surface area contributed by atoms with E-state index >= 15 is 0 Å². The molecule has 15 heavy (non-hydrogen) atoms. The number of nitrogens with one attached hydrogen (secondary N) is 2. The zero-order chi connectivity index (χ0) is 11.0. The van der Waals surface area contributed by atoms with Gasteiger partial charge >= 0.3 is 11.7 Å². The van der Waals surface area contributed by atoms with Crippen molar-refractivity contribution < 1.29 is 9.90 Å². The van der Waals surface area contributed by atoms with E-state index < -0.39 is 17.2 Å². The number of hydrogen-bond donors (Lipinski definition) is 3. The Morgan fingerprint density at radius 3 is 2.73 bits per heavy atom. The van der Waals surface area contributed by atoms with Crippen LogP contribution in [0.3, 0.4) is 0 Å². The lowest BCUT2D eigenvalue weighted by Gasteiger charge is -1.96. The standard InChI is InChI=1S/C8H5N3O4/c12-6-5-4(10-8(15)11-6)1-3(2-9-5)7(13)14/h1-2H,(H,13,14)(H2,10,11,12,15). The lowest BCUT2D eigenvalue weighted by Crippen LogP contribution is -2.22. The molecule has 0 saturated carbocycles. The minimum atomic E-state index is -1.18. The van der Waals surface area contributed by atoms with Crippen molar-refractivity contribution in [2.45, 2.75) is 0 Å². The van der Waals surface area contributed by atoms with Gasteiger partial charge in [-0.3, -0.25) is 9.78 Å². The summed E-state index contributed by atoms with van der Waals surface area (Å²) in [6.45, 7) is 0. The normalized spacial score (nSPS) is 10.4. The van der Waals surface area contributed by atoms with Gasteiger partial charge in [0.1, 0.15) is 0 Å². The van der Waals surface area contributed by atoms with Crippen molar-refractivity contribution in [3.63, 3.8) is 0 Å². The summed E-state index contributed by atoms with van der Waals surface area (Å²) in [5.41, 5.74) is -1.34. The van der Waals surface area contributed by atoms with Gasteiger partial charge in [-0.05, 0) is 6.07 Å².